The number of hydrogen-bond donors (Lipinski definition) is 2. The molecule has 0 aliphatic carbocycles. The van der Waals surface area contributed by atoms with Gasteiger partial charge in [-0.05, 0) is 30.2 Å². The van der Waals surface area contributed by atoms with Crippen molar-refractivity contribution < 1.29 is 9.50 Å². The number of nitrogens with two attached hydrogens (primary N) is 1. The molecule has 4 aromatic rings. The fraction of sp³-hybridized carbons (Fsp3) is 0.250. The molecule has 1 aliphatic heterocycles. The van der Waals surface area contributed by atoms with Crippen LogP contribution in [0.25, 0.3) is 28.1 Å². The minimum atomic E-state index is -0.501. The molecule has 1 aromatic carbocycles. The van der Waals surface area contributed by atoms with Gasteiger partial charge in [0.1, 0.15) is 22.8 Å². The van der Waals surface area contributed by atoms with Crippen molar-refractivity contribution in [2.45, 2.75) is 19.0 Å². The van der Waals surface area contributed by atoms with E-state index < -0.39 is 5.82 Å². The van der Waals surface area contributed by atoms with Crippen LogP contribution in [-0.4, -0.2) is 48.7 Å². The number of phenols is 1. The van der Waals surface area contributed by atoms with E-state index >= 15 is 0 Å². The van der Waals surface area contributed by atoms with Crippen molar-refractivity contribution >= 4 is 16.6 Å². The first-order chi connectivity index (χ1) is 13.6. The summed E-state index contributed by atoms with van der Waals surface area (Å²) in [6, 6.07) is 10.1. The maximum Gasteiger partial charge on any atom is 0.187 e. The highest BCUT2D eigenvalue weighted by atomic mass is 19.1. The molecular weight excluding hydrogens is 359 g/mol. The second kappa shape index (κ2) is 6.50. The molecule has 1 atom stereocenters. The van der Waals surface area contributed by atoms with E-state index in [0.29, 0.717) is 28.1 Å². The van der Waals surface area contributed by atoms with Crippen molar-refractivity contribution in [2.24, 2.45) is 5.73 Å². The van der Waals surface area contributed by atoms with E-state index in [9.17, 15) is 9.50 Å². The minimum Gasteiger partial charge on any atom is -0.506 e. The number of halogens is 1. The highest BCUT2D eigenvalue weighted by Gasteiger charge is 2.19. The first-order valence-electron chi connectivity index (χ1n) is 9.18. The van der Waals surface area contributed by atoms with E-state index in [1.807, 2.05) is 22.7 Å². The van der Waals surface area contributed by atoms with Gasteiger partial charge in [0.05, 0.1) is 0 Å². The molecule has 0 bridgehead atoms. The van der Waals surface area contributed by atoms with Crippen molar-refractivity contribution in [1.82, 2.24) is 24.5 Å². The van der Waals surface area contributed by atoms with Crippen LogP contribution in [0.15, 0.2) is 42.6 Å². The van der Waals surface area contributed by atoms with Crippen molar-refractivity contribution in [3.63, 3.8) is 0 Å². The van der Waals surface area contributed by atoms with Gasteiger partial charge in [0.15, 0.2) is 11.5 Å². The van der Waals surface area contributed by atoms with Gasteiger partial charge in [-0.15, -0.1) is 10.2 Å². The molecule has 142 valence electrons. The summed E-state index contributed by atoms with van der Waals surface area (Å²) >= 11 is 0. The van der Waals surface area contributed by atoms with Gasteiger partial charge in [0.2, 0.25) is 0 Å². The molecule has 1 aliphatic rings. The third-order valence-corrected chi connectivity index (χ3v) is 5.14. The Morgan fingerprint density at radius 3 is 2.89 bits per heavy atom. The topological polar surface area (TPSA) is 92.6 Å². The van der Waals surface area contributed by atoms with Gasteiger partial charge in [-0.1, -0.05) is 12.1 Å². The van der Waals surface area contributed by atoms with E-state index in [4.69, 9.17) is 5.73 Å². The van der Waals surface area contributed by atoms with Crippen molar-refractivity contribution in [3.8, 4) is 17.3 Å². The molecule has 3 N–H and O–H groups in total. The summed E-state index contributed by atoms with van der Waals surface area (Å²) in [5, 5.41) is 19.1. The van der Waals surface area contributed by atoms with E-state index in [-0.39, 0.29) is 11.8 Å². The van der Waals surface area contributed by atoms with Gasteiger partial charge in [0.25, 0.3) is 0 Å². The van der Waals surface area contributed by atoms with Gasteiger partial charge in [-0.3, -0.25) is 9.30 Å². The molecule has 3 aromatic heterocycles. The molecule has 5 rings (SSSR count). The third kappa shape index (κ3) is 2.96. The summed E-state index contributed by atoms with van der Waals surface area (Å²) in [6.07, 6.45) is 3.02. The van der Waals surface area contributed by atoms with Crippen molar-refractivity contribution in [2.75, 3.05) is 13.1 Å². The summed E-state index contributed by atoms with van der Waals surface area (Å²) in [5.41, 5.74) is 8.73. The molecule has 0 saturated carbocycles. The van der Waals surface area contributed by atoms with E-state index in [2.05, 4.69) is 20.1 Å². The number of hydrogen-bond acceptors (Lipinski definition) is 6. The van der Waals surface area contributed by atoms with Crippen LogP contribution in [0.5, 0.6) is 5.75 Å². The fourth-order valence-electron chi connectivity index (χ4n) is 3.77. The van der Waals surface area contributed by atoms with Gasteiger partial charge in [-0.25, -0.2) is 9.37 Å². The average Bonchev–Trinajstić information content (AvgIpc) is 3.27. The van der Waals surface area contributed by atoms with Crippen LogP contribution in [0, 0.1) is 5.82 Å². The zero-order valence-corrected chi connectivity index (χ0v) is 15.1. The zero-order valence-electron chi connectivity index (χ0n) is 15.1. The van der Waals surface area contributed by atoms with Crippen molar-refractivity contribution in [3.05, 3.63) is 54.0 Å². The molecule has 0 amide bonds. The summed E-state index contributed by atoms with van der Waals surface area (Å²) in [6.45, 7) is 2.71. The largest absolute Gasteiger partial charge is 0.506 e. The van der Waals surface area contributed by atoms with Crippen LogP contribution in [0.1, 0.15) is 12.0 Å². The molecule has 0 spiro atoms. The lowest BCUT2D eigenvalue weighted by Crippen LogP contribution is -2.26. The van der Waals surface area contributed by atoms with Crippen LogP contribution in [-0.2, 0) is 6.54 Å². The number of benzene rings is 1. The SMILES string of the molecule is NC1CCN(Cc2ccc3nnc(-c4ccc5cc(F)cc(O)c5n4)n3c2)C1. The Morgan fingerprint density at radius 2 is 2.07 bits per heavy atom. The van der Waals surface area contributed by atoms with Crippen LogP contribution >= 0.6 is 0 Å². The van der Waals surface area contributed by atoms with E-state index in [1.165, 1.54) is 6.07 Å². The molecule has 1 fully saturated rings. The maximum absolute atomic E-state index is 13.5. The summed E-state index contributed by atoms with van der Waals surface area (Å²) < 4.78 is 15.4. The van der Waals surface area contributed by atoms with Gasteiger partial charge >= 0.3 is 0 Å². The van der Waals surface area contributed by atoms with Gasteiger partial charge in [0, 0.05) is 43.3 Å². The number of aromatic nitrogens is 4. The quantitative estimate of drug-likeness (QED) is 0.568. The number of nitrogens with zero attached hydrogens (tertiary/aromatic N) is 5. The number of rotatable bonds is 3. The smallest absolute Gasteiger partial charge is 0.187 e. The Morgan fingerprint density at radius 1 is 1.18 bits per heavy atom. The monoisotopic (exact) mass is 378 g/mol. The third-order valence-electron chi connectivity index (χ3n) is 5.14. The first-order valence-corrected chi connectivity index (χ1v) is 9.18. The Labute approximate surface area is 160 Å². The van der Waals surface area contributed by atoms with Crippen LogP contribution in [0.4, 0.5) is 4.39 Å². The second-order valence-corrected chi connectivity index (χ2v) is 7.27. The molecule has 7 nitrogen and oxygen atoms in total. The normalized spacial score (nSPS) is 17.7. The van der Waals surface area contributed by atoms with Crippen molar-refractivity contribution in [1.29, 1.82) is 0 Å². The Hall–Kier alpha value is -3.10. The standard InChI is InChI=1S/C20H19FN6O/c21-14-7-13-2-3-16(23-19(13)17(28)8-14)20-25-24-18-4-1-12(10-27(18)20)9-26-6-5-15(22)11-26/h1-4,7-8,10,15,28H,5-6,9,11,22H2. The fourth-order valence-corrected chi connectivity index (χ4v) is 3.77. The molecule has 28 heavy (non-hydrogen) atoms. The van der Waals surface area contributed by atoms with Crippen LogP contribution < -0.4 is 5.73 Å². The number of likely N-dealkylation sites (tertiary alicyclic amines) is 1. The van der Waals surface area contributed by atoms with E-state index in [1.54, 1.807) is 12.1 Å². The highest BCUT2D eigenvalue weighted by Crippen LogP contribution is 2.27. The molecule has 1 saturated heterocycles. The molecule has 1 unspecified atom stereocenters. The summed E-state index contributed by atoms with van der Waals surface area (Å²) in [7, 11) is 0. The lowest BCUT2D eigenvalue weighted by molar-refractivity contribution is 0.326. The molecule has 0 radical (unpaired) electrons. The number of aromatic hydroxyl groups is 1. The summed E-state index contributed by atoms with van der Waals surface area (Å²) in [5.74, 6) is -0.129. The zero-order chi connectivity index (χ0) is 19.3. The first kappa shape index (κ1) is 17.0. The summed E-state index contributed by atoms with van der Waals surface area (Å²) in [4.78, 5) is 6.81. The lowest BCUT2D eigenvalue weighted by Gasteiger charge is -2.15. The van der Waals surface area contributed by atoms with Crippen LogP contribution in [0.2, 0.25) is 0 Å². The maximum atomic E-state index is 13.5. The molecule has 4 heterocycles. The van der Waals surface area contributed by atoms with Gasteiger partial charge < -0.3 is 10.8 Å². The van der Waals surface area contributed by atoms with Crippen LogP contribution in [0.3, 0.4) is 0 Å². The predicted molar refractivity (Wildman–Crippen MR) is 103 cm³/mol. The Bertz CT molecular complexity index is 1190. The predicted octanol–water partition coefficient (Wildman–Crippen LogP) is 2.32. The molecular formula is C20H19FN6O. The second-order valence-electron chi connectivity index (χ2n) is 7.27. The number of pyridine rings is 2. The molecule has 8 heteroatoms. The number of phenolic OH excluding ortho intramolecular Hbond substituents is 1. The average molecular weight is 378 g/mol. The van der Waals surface area contributed by atoms with E-state index in [0.717, 1.165) is 37.7 Å². The van der Waals surface area contributed by atoms with Gasteiger partial charge in [-0.2, -0.15) is 0 Å². The Kier molecular flexibility index (Phi) is 3.96. The minimum absolute atomic E-state index is 0.197. The lowest BCUT2D eigenvalue weighted by atomic mass is 10.1. The number of fused-ring (bicyclic) bond motifs is 2. The Balaban J connectivity index is 1.55. The highest BCUT2D eigenvalue weighted by molar-refractivity contribution is 5.86.